The number of hydrogen-bond acceptors (Lipinski definition) is 6. The molecule has 0 rings (SSSR count). The van der Waals surface area contributed by atoms with E-state index in [0.717, 1.165) is 96.3 Å². The van der Waals surface area contributed by atoms with E-state index < -0.39 is 6.10 Å². The molecule has 0 aromatic rings. The molecule has 366 valence electrons. The van der Waals surface area contributed by atoms with E-state index in [1.807, 2.05) is 0 Å². The number of unbranched alkanes of at least 4 members (excludes halogenated alkanes) is 30. The minimum Gasteiger partial charge on any atom is -0.462 e. The van der Waals surface area contributed by atoms with Crippen LogP contribution in [0.1, 0.15) is 278 Å². The second kappa shape index (κ2) is 52.0. The molecule has 0 heterocycles. The fourth-order valence-corrected chi connectivity index (χ4v) is 7.68. The second-order valence-electron chi connectivity index (χ2n) is 18.1. The van der Waals surface area contributed by atoms with Crippen molar-refractivity contribution < 1.29 is 28.6 Å². The summed E-state index contributed by atoms with van der Waals surface area (Å²) in [5.74, 6) is -0.892. The van der Waals surface area contributed by atoms with E-state index in [0.29, 0.717) is 19.3 Å². The van der Waals surface area contributed by atoms with Crippen molar-refractivity contribution >= 4 is 17.9 Å². The molecule has 0 aliphatic carbocycles. The number of carbonyl (C=O) groups is 3. The molecule has 0 spiro atoms. The average Bonchev–Trinajstić information content (AvgIpc) is 3.28. The van der Waals surface area contributed by atoms with E-state index in [1.165, 1.54) is 141 Å². The quantitative estimate of drug-likeness (QED) is 0.0262. The molecule has 0 aliphatic heterocycles. The maximum Gasteiger partial charge on any atom is 0.306 e. The van der Waals surface area contributed by atoms with E-state index in [-0.39, 0.29) is 31.1 Å². The van der Waals surface area contributed by atoms with Crippen molar-refractivity contribution in [3.05, 3.63) is 48.6 Å². The van der Waals surface area contributed by atoms with Gasteiger partial charge >= 0.3 is 17.9 Å². The van der Waals surface area contributed by atoms with E-state index in [1.54, 1.807) is 0 Å². The molecule has 0 amide bonds. The Kier molecular flexibility index (Phi) is 49.8. The summed E-state index contributed by atoms with van der Waals surface area (Å²) in [6.45, 7) is 6.59. The van der Waals surface area contributed by atoms with Crippen LogP contribution in [0.4, 0.5) is 0 Å². The Labute approximate surface area is 390 Å². The zero-order chi connectivity index (χ0) is 45.8. The van der Waals surface area contributed by atoms with E-state index >= 15 is 0 Å². The van der Waals surface area contributed by atoms with Gasteiger partial charge < -0.3 is 14.2 Å². The van der Waals surface area contributed by atoms with Gasteiger partial charge in [-0.05, 0) is 83.5 Å². The molecular weight excluding hydrogens is 781 g/mol. The van der Waals surface area contributed by atoms with Crippen LogP contribution in [0.25, 0.3) is 0 Å². The van der Waals surface area contributed by atoms with Crippen LogP contribution in [0.5, 0.6) is 0 Å². The molecule has 0 fully saturated rings. The lowest BCUT2D eigenvalue weighted by molar-refractivity contribution is -0.167. The van der Waals surface area contributed by atoms with E-state index in [4.69, 9.17) is 14.2 Å². The van der Waals surface area contributed by atoms with E-state index in [9.17, 15) is 14.4 Å². The van der Waals surface area contributed by atoms with Gasteiger partial charge in [-0.25, -0.2) is 0 Å². The number of esters is 3. The third kappa shape index (κ3) is 50.2. The predicted octanol–water partition coefficient (Wildman–Crippen LogP) is 17.9. The van der Waals surface area contributed by atoms with Crippen LogP contribution < -0.4 is 0 Å². The summed E-state index contributed by atoms with van der Waals surface area (Å²) in [7, 11) is 0. The molecule has 6 nitrogen and oxygen atoms in total. The van der Waals surface area contributed by atoms with Gasteiger partial charge in [-0.15, -0.1) is 0 Å². The van der Waals surface area contributed by atoms with Crippen LogP contribution in [0, 0.1) is 0 Å². The summed E-state index contributed by atoms with van der Waals surface area (Å²) < 4.78 is 16.8. The summed E-state index contributed by atoms with van der Waals surface area (Å²) >= 11 is 0. The first-order valence-corrected chi connectivity index (χ1v) is 27.1. The van der Waals surface area contributed by atoms with Crippen molar-refractivity contribution in [2.45, 2.75) is 284 Å². The highest BCUT2D eigenvalue weighted by Gasteiger charge is 2.19. The van der Waals surface area contributed by atoms with Crippen molar-refractivity contribution in [2.24, 2.45) is 0 Å². The van der Waals surface area contributed by atoms with Crippen LogP contribution in [-0.4, -0.2) is 37.2 Å². The normalized spacial score (nSPS) is 12.4. The summed E-state index contributed by atoms with van der Waals surface area (Å²) in [5.41, 5.74) is 0. The van der Waals surface area contributed by atoms with Crippen molar-refractivity contribution in [2.75, 3.05) is 13.2 Å². The fourth-order valence-electron chi connectivity index (χ4n) is 7.68. The van der Waals surface area contributed by atoms with E-state index in [2.05, 4.69) is 69.4 Å². The van der Waals surface area contributed by atoms with Gasteiger partial charge in [0, 0.05) is 19.3 Å². The lowest BCUT2D eigenvalue weighted by Gasteiger charge is -2.18. The number of rotatable bonds is 49. The van der Waals surface area contributed by atoms with Crippen molar-refractivity contribution in [1.82, 2.24) is 0 Å². The maximum absolute atomic E-state index is 12.8. The standard InChI is InChI=1S/C57H102O6/c1-4-7-10-13-16-19-22-25-27-28-29-31-32-35-38-41-44-47-50-56(59)62-53-54(52-61-55(58)49-46-43-40-37-34-24-21-18-15-12-9-6-3)63-57(60)51-48-45-42-39-36-33-30-26-23-20-17-14-11-8-5-2/h17,19-20,22,26-28,30,54H,4-16,18,21,23-25,29,31-53H2,1-3H3/b20-17-,22-19-,28-27-,30-26-. The van der Waals surface area contributed by atoms with Crippen LogP contribution in [0.2, 0.25) is 0 Å². The Balaban J connectivity index is 4.38. The molecule has 0 saturated carbocycles. The largest absolute Gasteiger partial charge is 0.462 e. The molecule has 63 heavy (non-hydrogen) atoms. The molecule has 0 saturated heterocycles. The van der Waals surface area contributed by atoms with Crippen LogP contribution >= 0.6 is 0 Å². The molecule has 1 unspecified atom stereocenters. The zero-order valence-corrected chi connectivity index (χ0v) is 41.8. The molecule has 6 heteroatoms. The Hall–Kier alpha value is -2.63. The monoisotopic (exact) mass is 883 g/mol. The van der Waals surface area contributed by atoms with Gasteiger partial charge in [-0.1, -0.05) is 223 Å². The van der Waals surface area contributed by atoms with Gasteiger partial charge in [0.15, 0.2) is 6.10 Å². The van der Waals surface area contributed by atoms with Crippen molar-refractivity contribution in [3.63, 3.8) is 0 Å². The van der Waals surface area contributed by atoms with Crippen LogP contribution in [-0.2, 0) is 28.6 Å². The zero-order valence-electron chi connectivity index (χ0n) is 41.8. The maximum atomic E-state index is 12.8. The Morgan fingerprint density at radius 2 is 0.571 bits per heavy atom. The first-order valence-electron chi connectivity index (χ1n) is 27.1. The summed E-state index contributed by atoms with van der Waals surface area (Å²) in [6, 6.07) is 0. The molecule has 0 radical (unpaired) electrons. The number of ether oxygens (including phenoxy) is 3. The first-order chi connectivity index (χ1) is 31.0. The third-order valence-corrected chi connectivity index (χ3v) is 11.8. The van der Waals surface area contributed by atoms with Gasteiger partial charge in [0.2, 0.25) is 0 Å². The lowest BCUT2D eigenvalue weighted by Crippen LogP contribution is -2.30. The van der Waals surface area contributed by atoms with Gasteiger partial charge in [0.1, 0.15) is 13.2 Å². The molecular formula is C57H102O6. The molecule has 0 N–H and O–H groups in total. The van der Waals surface area contributed by atoms with Gasteiger partial charge in [0.05, 0.1) is 0 Å². The third-order valence-electron chi connectivity index (χ3n) is 11.8. The predicted molar refractivity (Wildman–Crippen MR) is 270 cm³/mol. The van der Waals surface area contributed by atoms with Crippen molar-refractivity contribution in [3.8, 4) is 0 Å². The summed E-state index contributed by atoms with van der Waals surface area (Å²) in [4.78, 5) is 38.0. The minimum absolute atomic E-state index is 0.0791. The second-order valence-corrected chi connectivity index (χ2v) is 18.1. The molecule has 0 aliphatic rings. The number of carbonyl (C=O) groups excluding carboxylic acids is 3. The van der Waals surface area contributed by atoms with Gasteiger partial charge in [-0.3, -0.25) is 14.4 Å². The SMILES string of the molecule is CCCCC/C=C\C/C=C\CCCCCCCC(=O)OC(COC(=O)CCCCCCCCC/C=C\C/C=C\CCCCCC)COC(=O)CCCCCCCCCCCCCC. The molecule has 1 atom stereocenters. The lowest BCUT2D eigenvalue weighted by atomic mass is 10.0. The molecule has 0 aromatic carbocycles. The van der Waals surface area contributed by atoms with Gasteiger partial charge in [-0.2, -0.15) is 0 Å². The smallest absolute Gasteiger partial charge is 0.306 e. The Bertz CT molecular complexity index is 1110. The summed E-state index contributed by atoms with van der Waals surface area (Å²) in [5, 5.41) is 0. The Morgan fingerprint density at radius 1 is 0.317 bits per heavy atom. The highest BCUT2D eigenvalue weighted by atomic mass is 16.6. The van der Waals surface area contributed by atoms with Crippen molar-refractivity contribution in [1.29, 1.82) is 0 Å². The number of hydrogen-bond donors (Lipinski definition) is 0. The van der Waals surface area contributed by atoms with Crippen LogP contribution in [0.15, 0.2) is 48.6 Å². The molecule has 0 aromatic heterocycles. The Morgan fingerprint density at radius 3 is 0.921 bits per heavy atom. The topological polar surface area (TPSA) is 78.9 Å². The summed E-state index contributed by atoms with van der Waals surface area (Å²) in [6.07, 6.45) is 62.3. The highest BCUT2D eigenvalue weighted by Crippen LogP contribution is 2.15. The van der Waals surface area contributed by atoms with Gasteiger partial charge in [0.25, 0.3) is 0 Å². The highest BCUT2D eigenvalue weighted by molar-refractivity contribution is 5.71. The first kappa shape index (κ1) is 60.4. The molecule has 0 bridgehead atoms. The average molecular weight is 883 g/mol. The number of allylic oxidation sites excluding steroid dienone is 8. The minimum atomic E-state index is -0.781. The van der Waals surface area contributed by atoms with Crippen LogP contribution in [0.3, 0.4) is 0 Å². The fraction of sp³-hybridized carbons (Fsp3) is 0.807.